The SMILES string of the molecule is CCc1ccc(C(=O)NNC(=O)Cn2ncc3ccccc3c2=O)cc1. The van der Waals surface area contributed by atoms with Crippen LogP contribution >= 0.6 is 0 Å². The van der Waals surface area contributed by atoms with Gasteiger partial charge >= 0.3 is 0 Å². The van der Waals surface area contributed by atoms with E-state index in [1.807, 2.05) is 25.1 Å². The molecule has 132 valence electrons. The van der Waals surface area contributed by atoms with Crippen molar-refractivity contribution in [2.75, 3.05) is 0 Å². The molecule has 0 aliphatic heterocycles. The average molecular weight is 350 g/mol. The van der Waals surface area contributed by atoms with Crippen molar-refractivity contribution in [2.24, 2.45) is 0 Å². The monoisotopic (exact) mass is 350 g/mol. The summed E-state index contributed by atoms with van der Waals surface area (Å²) in [6.45, 7) is 1.73. The van der Waals surface area contributed by atoms with Crippen LogP contribution in [-0.4, -0.2) is 21.6 Å². The van der Waals surface area contributed by atoms with E-state index >= 15 is 0 Å². The van der Waals surface area contributed by atoms with Crippen LogP contribution in [0.2, 0.25) is 0 Å². The molecular formula is C19H18N4O3. The molecule has 1 heterocycles. The van der Waals surface area contributed by atoms with Gasteiger partial charge in [0, 0.05) is 10.9 Å². The van der Waals surface area contributed by atoms with E-state index in [-0.39, 0.29) is 12.1 Å². The smallest absolute Gasteiger partial charge is 0.271 e. The number of carbonyl (C=O) groups is 2. The van der Waals surface area contributed by atoms with Gasteiger partial charge in [0.15, 0.2) is 0 Å². The minimum absolute atomic E-state index is 0.293. The highest BCUT2D eigenvalue weighted by molar-refractivity contribution is 5.95. The molecule has 7 heteroatoms. The lowest BCUT2D eigenvalue weighted by atomic mass is 10.1. The average Bonchev–Trinajstić information content (AvgIpc) is 2.68. The fraction of sp³-hybridized carbons (Fsp3) is 0.158. The first-order chi connectivity index (χ1) is 12.6. The van der Waals surface area contributed by atoms with E-state index in [0.29, 0.717) is 16.3 Å². The molecule has 0 bridgehead atoms. The van der Waals surface area contributed by atoms with Gasteiger partial charge in [0.1, 0.15) is 6.54 Å². The van der Waals surface area contributed by atoms with Crippen LogP contribution in [0, 0.1) is 0 Å². The first-order valence-corrected chi connectivity index (χ1v) is 8.21. The molecule has 1 aromatic heterocycles. The number of hydrazine groups is 1. The number of aromatic nitrogens is 2. The topological polar surface area (TPSA) is 93.1 Å². The van der Waals surface area contributed by atoms with Gasteiger partial charge in [0.2, 0.25) is 0 Å². The van der Waals surface area contributed by atoms with E-state index < -0.39 is 11.8 Å². The fourth-order valence-corrected chi connectivity index (χ4v) is 2.51. The summed E-state index contributed by atoms with van der Waals surface area (Å²) in [6.07, 6.45) is 2.41. The molecule has 0 radical (unpaired) electrons. The molecule has 0 unspecified atom stereocenters. The molecule has 2 amide bonds. The van der Waals surface area contributed by atoms with Crippen LogP contribution in [0.25, 0.3) is 10.8 Å². The molecule has 0 aliphatic rings. The molecule has 0 fully saturated rings. The van der Waals surface area contributed by atoms with Crippen LogP contribution < -0.4 is 16.4 Å². The predicted molar refractivity (Wildman–Crippen MR) is 97.4 cm³/mol. The van der Waals surface area contributed by atoms with Crippen molar-refractivity contribution >= 4 is 22.6 Å². The van der Waals surface area contributed by atoms with Gasteiger partial charge in [0.25, 0.3) is 17.4 Å². The number of nitrogens with zero attached hydrogens (tertiary/aromatic N) is 2. The third kappa shape index (κ3) is 3.77. The third-order valence-corrected chi connectivity index (χ3v) is 4.00. The number of aryl methyl sites for hydroxylation is 1. The van der Waals surface area contributed by atoms with Crippen LogP contribution in [0.5, 0.6) is 0 Å². The van der Waals surface area contributed by atoms with Gasteiger partial charge in [0.05, 0.1) is 11.6 Å². The lowest BCUT2D eigenvalue weighted by molar-refractivity contribution is -0.122. The standard InChI is InChI=1S/C19H18N4O3/c1-2-13-7-9-14(10-8-13)18(25)22-21-17(24)12-23-19(26)16-6-4-3-5-15(16)11-20-23/h3-11H,2,12H2,1H3,(H,21,24)(H,22,25). The van der Waals surface area contributed by atoms with Gasteiger partial charge in [-0.05, 0) is 30.2 Å². The van der Waals surface area contributed by atoms with Gasteiger partial charge in [-0.1, -0.05) is 37.3 Å². The normalized spacial score (nSPS) is 10.5. The van der Waals surface area contributed by atoms with E-state index in [4.69, 9.17) is 0 Å². The molecule has 3 rings (SSSR count). The van der Waals surface area contributed by atoms with Crippen molar-refractivity contribution in [3.05, 3.63) is 76.2 Å². The quantitative estimate of drug-likeness (QED) is 0.696. The summed E-state index contributed by atoms with van der Waals surface area (Å²) < 4.78 is 1.06. The Morgan fingerprint density at radius 2 is 1.77 bits per heavy atom. The highest BCUT2D eigenvalue weighted by Crippen LogP contribution is 2.06. The Labute approximate surface area is 149 Å². The highest BCUT2D eigenvalue weighted by atomic mass is 16.2. The Kier molecular flexibility index (Phi) is 5.07. The molecule has 26 heavy (non-hydrogen) atoms. The summed E-state index contributed by atoms with van der Waals surface area (Å²) in [7, 11) is 0. The summed E-state index contributed by atoms with van der Waals surface area (Å²) in [5.74, 6) is -0.978. The highest BCUT2D eigenvalue weighted by Gasteiger charge is 2.10. The summed E-state index contributed by atoms with van der Waals surface area (Å²) in [5.41, 5.74) is 5.82. The zero-order valence-electron chi connectivity index (χ0n) is 14.2. The van der Waals surface area contributed by atoms with Gasteiger partial charge < -0.3 is 0 Å². The number of benzene rings is 2. The van der Waals surface area contributed by atoms with Crippen LogP contribution in [-0.2, 0) is 17.8 Å². The molecule has 0 spiro atoms. The maximum absolute atomic E-state index is 12.3. The molecule has 2 N–H and O–H groups in total. The minimum atomic E-state index is -0.548. The van der Waals surface area contributed by atoms with Gasteiger partial charge in [-0.25, -0.2) is 4.68 Å². The molecule has 0 aliphatic carbocycles. The Morgan fingerprint density at radius 3 is 2.50 bits per heavy atom. The first-order valence-electron chi connectivity index (χ1n) is 8.21. The zero-order chi connectivity index (χ0) is 18.5. The number of nitrogens with one attached hydrogen (secondary N) is 2. The van der Waals surface area contributed by atoms with Gasteiger partial charge in [-0.2, -0.15) is 5.10 Å². The van der Waals surface area contributed by atoms with E-state index in [2.05, 4.69) is 16.0 Å². The molecule has 0 saturated carbocycles. The van der Waals surface area contributed by atoms with Crippen molar-refractivity contribution in [1.29, 1.82) is 0 Å². The Morgan fingerprint density at radius 1 is 1.04 bits per heavy atom. The number of amides is 2. The lowest BCUT2D eigenvalue weighted by Gasteiger charge is -2.09. The maximum Gasteiger partial charge on any atom is 0.275 e. The zero-order valence-corrected chi connectivity index (χ0v) is 14.2. The number of fused-ring (bicyclic) bond motifs is 1. The second kappa shape index (κ2) is 7.60. The van der Waals surface area contributed by atoms with E-state index in [1.165, 1.54) is 6.20 Å². The van der Waals surface area contributed by atoms with Crippen molar-refractivity contribution in [3.63, 3.8) is 0 Å². The summed E-state index contributed by atoms with van der Waals surface area (Å²) >= 11 is 0. The summed E-state index contributed by atoms with van der Waals surface area (Å²) in [4.78, 5) is 36.4. The Bertz CT molecular complexity index is 1010. The molecule has 7 nitrogen and oxygen atoms in total. The molecule has 0 saturated heterocycles. The predicted octanol–water partition coefficient (Wildman–Crippen LogP) is 1.42. The second-order valence-corrected chi connectivity index (χ2v) is 5.75. The minimum Gasteiger partial charge on any atom is -0.271 e. The Balaban J connectivity index is 1.63. The van der Waals surface area contributed by atoms with Gasteiger partial charge in [-0.3, -0.25) is 25.2 Å². The lowest BCUT2D eigenvalue weighted by Crippen LogP contribution is -2.44. The van der Waals surface area contributed by atoms with Crippen LogP contribution in [0.1, 0.15) is 22.8 Å². The summed E-state index contributed by atoms with van der Waals surface area (Å²) in [5, 5.41) is 5.17. The van der Waals surface area contributed by atoms with Crippen molar-refractivity contribution in [1.82, 2.24) is 20.6 Å². The van der Waals surface area contributed by atoms with E-state index in [0.717, 1.165) is 16.7 Å². The first kappa shape index (κ1) is 17.3. The largest absolute Gasteiger partial charge is 0.275 e. The molecule has 0 atom stereocenters. The molecular weight excluding hydrogens is 332 g/mol. The molecule has 3 aromatic rings. The van der Waals surface area contributed by atoms with Crippen LogP contribution in [0.15, 0.2) is 59.5 Å². The second-order valence-electron chi connectivity index (χ2n) is 5.75. The van der Waals surface area contributed by atoms with Gasteiger partial charge in [-0.15, -0.1) is 0 Å². The fourth-order valence-electron chi connectivity index (χ4n) is 2.51. The maximum atomic E-state index is 12.3. The van der Waals surface area contributed by atoms with Crippen molar-refractivity contribution in [2.45, 2.75) is 19.9 Å². The third-order valence-electron chi connectivity index (χ3n) is 4.00. The van der Waals surface area contributed by atoms with Crippen molar-refractivity contribution in [3.8, 4) is 0 Å². The number of rotatable bonds is 4. The summed E-state index contributed by atoms with van der Waals surface area (Å²) in [6, 6.07) is 14.1. The molecule has 2 aromatic carbocycles. The number of hydrogen-bond donors (Lipinski definition) is 2. The number of carbonyl (C=O) groups excluding carboxylic acids is 2. The van der Waals surface area contributed by atoms with Crippen LogP contribution in [0.4, 0.5) is 0 Å². The van der Waals surface area contributed by atoms with Crippen LogP contribution in [0.3, 0.4) is 0 Å². The van der Waals surface area contributed by atoms with E-state index in [1.54, 1.807) is 30.3 Å². The Hall–Kier alpha value is -3.48. The van der Waals surface area contributed by atoms with E-state index in [9.17, 15) is 14.4 Å². The number of hydrogen-bond acceptors (Lipinski definition) is 4. The van der Waals surface area contributed by atoms with Crippen molar-refractivity contribution < 1.29 is 9.59 Å².